The SMILES string of the molecule is CNC(=O)c1noc(CN2CCC[C@H](N3CCCC3=O)C2)n1. The smallest absolute Gasteiger partial charge is 0.292 e. The molecule has 0 bridgehead atoms. The Balaban J connectivity index is 1.59. The molecule has 0 aromatic carbocycles. The number of hydrogen-bond donors (Lipinski definition) is 1. The van der Waals surface area contributed by atoms with Gasteiger partial charge in [0.15, 0.2) is 0 Å². The number of piperidine rings is 1. The van der Waals surface area contributed by atoms with Crippen LogP contribution in [0, 0.1) is 0 Å². The summed E-state index contributed by atoms with van der Waals surface area (Å²) < 4.78 is 5.13. The molecule has 3 rings (SSSR count). The Bertz CT molecular complexity index is 558. The number of carbonyl (C=O) groups is 2. The average molecular weight is 307 g/mol. The molecule has 2 saturated heterocycles. The van der Waals surface area contributed by atoms with Gasteiger partial charge in [-0.15, -0.1) is 0 Å². The summed E-state index contributed by atoms with van der Waals surface area (Å²) >= 11 is 0. The van der Waals surface area contributed by atoms with Gasteiger partial charge in [0.2, 0.25) is 11.8 Å². The monoisotopic (exact) mass is 307 g/mol. The van der Waals surface area contributed by atoms with Crippen molar-refractivity contribution in [1.29, 1.82) is 0 Å². The summed E-state index contributed by atoms with van der Waals surface area (Å²) in [5, 5.41) is 6.14. The molecule has 0 unspecified atom stereocenters. The van der Waals surface area contributed by atoms with Crippen molar-refractivity contribution in [2.45, 2.75) is 38.3 Å². The van der Waals surface area contributed by atoms with Gasteiger partial charge in [0.25, 0.3) is 11.7 Å². The maximum Gasteiger partial charge on any atom is 0.292 e. The predicted octanol–water partition coefficient (Wildman–Crippen LogP) is 0.0160. The van der Waals surface area contributed by atoms with Crippen molar-refractivity contribution in [1.82, 2.24) is 25.3 Å². The second-order valence-corrected chi connectivity index (χ2v) is 5.81. The molecule has 3 heterocycles. The third-order valence-corrected chi connectivity index (χ3v) is 4.29. The molecule has 0 radical (unpaired) electrons. The second-order valence-electron chi connectivity index (χ2n) is 5.81. The molecule has 22 heavy (non-hydrogen) atoms. The standard InChI is InChI=1S/C14H21N5O3/c1-15-14(21)13-16-11(22-17-13)9-18-6-2-4-10(8-18)19-7-3-5-12(19)20/h10H,2-9H2,1H3,(H,15,21)/t10-/m0/s1. The van der Waals surface area contributed by atoms with Crippen LogP contribution in [-0.4, -0.2) is 64.5 Å². The molecule has 0 saturated carbocycles. The van der Waals surface area contributed by atoms with Crippen LogP contribution in [-0.2, 0) is 11.3 Å². The van der Waals surface area contributed by atoms with E-state index >= 15 is 0 Å². The van der Waals surface area contributed by atoms with Crippen molar-refractivity contribution >= 4 is 11.8 Å². The van der Waals surface area contributed by atoms with Gasteiger partial charge in [-0.3, -0.25) is 14.5 Å². The summed E-state index contributed by atoms with van der Waals surface area (Å²) in [6, 6.07) is 0.282. The molecule has 2 amide bonds. The van der Waals surface area contributed by atoms with Crippen LogP contribution in [0.4, 0.5) is 0 Å². The molecule has 8 heteroatoms. The summed E-state index contributed by atoms with van der Waals surface area (Å²) in [6.07, 6.45) is 3.74. The Hall–Kier alpha value is -1.96. The van der Waals surface area contributed by atoms with E-state index in [1.165, 1.54) is 7.05 Å². The van der Waals surface area contributed by atoms with E-state index in [0.717, 1.165) is 38.9 Å². The lowest BCUT2D eigenvalue weighted by atomic mass is 10.0. The van der Waals surface area contributed by atoms with Gasteiger partial charge >= 0.3 is 0 Å². The lowest BCUT2D eigenvalue weighted by Crippen LogP contribution is -2.48. The van der Waals surface area contributed by atoms with Gasteiger partial charge in [-0.25, -0.2) is 0 Å². The van der Waals surface area contributed by atoms with Crippen molar-refractivity contribution in [3.05, 3.63) is 11.7 Å². The molecule has 2 aliphatic rings. The minimum atomic E-state index is -0.353. The summed E-state index contributed by atoms with van der Waals surface area (Å²) in [5.41, 5.74) is 0. The van der Waals surface area contributed by atoms with Crippen LogP contribution in [0.25, 0.3) is 0 Å². The fourth-order valence-corrected chi connectivity index (χ4v) is 3.20. The summed E-state index contributed by atoms with van der Waals surface area (Å²) in [6.45, 7) is 3.15. The average Bonchev–Trinajstić information content (AvgIpc) is 3.16. The largest absolute Gasteiger partial charge is 0.352 e. The van der Waals surface area contributed by atoms with E-state index in [1.807, 2.05) is 4.90 Å². The predicted molar refractivity (Wildman–Crippen MR) is 76.9 cm³/mol. The zero-order valence-corrected chi connectivity index (χ0v) is 12.7. The maximum atomic E-state index is 11.9. The van der Waals surface area contributed by atoms with Gasteiger partial charge < -0.3 is 14.7 Å². The molecule has 120 valence electrons. The second kappa shape index (κ2) is 6.43. The molecule has 2 aliphatic heterocycles. The number of hydrogen-bond acceptors (Lipinski definition) is 6. The lowest BCUT2D eigenvalue weighted by Gasteiger charge is -2.36. The molecule has 1 aromatic heterocycles. The van der Waals surface area contributed by atoms with Crippen LogP contribution in [0.3, 0.4) is 0 Å². The fraction of sp³-hybridized carbons (Fsp3) is 0.714. The number of aromatic nitrogens is 2. The molecular weight excluding hydrogens is 286 g/mol. The van der Waals surface area contributed by atoms with Crippen LogP contribution in [0.5, 0.6) is 0 Å². The molecule has 1 N–H and O–H groups in total. The Morgan fingerprint density at radius 1 is 1.41 bits per heavy atom. The third kappa shape index (κ3) is 3.11. The van der Waals surface area contributed by atoms with Gasteiger partial charge in [-0.1, -0.05) is 5.16 Å². The molecule has 1 aromatic rings. The van der Waals surface area contributed by atoms with Gasteiger partial charge in [-0.05, 0) is 25.8 Å². The zero-order valence-electron chi connectivity index (χ0n) is 12.7. The van der Waals surface area contributed by atoms with E-state index in [-0.39, 0.29) is 23.7 Å². The van der Waals surface area contributed by atoms with E-state index < -0.39 is 0 Å². The van der Waals surface area contributed by atoms with Crippen molar-refractivity contribution in [3.8, 4) is 0 Å². The number of nitrogens with zero attached hydrogens (tertiary/aromatic N) is 4. The first-order valence-electron chi connectivity index (χ1n) is 7.74. The van der Waals surface area contributed by atoms with Crippen LogP contribution in [0.15, 0.2) is 4.52 Å². The first-order valence-corrected chi connectivity index (χ1v) is 7.74. The van der Waals surface area contributed by atoms with Gasteiger partial charge in [0, 0.05) is 32.6 Å². The molecular formula is C14H21N5O3. The topological polar surface area (TPSA) is 91.6 Å². The van der Waals surface area contributed by atoms with Crippen LogP contribution in [0.1, 0.15) is 42.2 Å². The van der Waals surface area contributed by atoms with Gasteiger partial charge in [-0.2, -0.15) is 4.98 Å². The number of nitrogens with one attached hydrogen (secondary N) is 1. The van der Waals surface area contributed by atoms with Crippen molar-refractivity contribution in [3.63, 3.8) is 0 Å². The van der Waals surface area contributed by atoms with Crippen LogP contribution >= 0.6 is 0 Å². The minimum Gasteiger partial charge on any atom is -0.352 e. The number of amides is 2. The summed E-state index contributed by atoms with van der Waals surface area (Å²) in [7, 11) is 1.53. The third-order valence-electron chi connectivity index (χ3n) is 4.29. The Morgan fingerprint density at radius 2 is 2.27 bits per heavy atom. The molecule has 0 spiro atoms. The van der Waals surface area contributed by atoms with Crippen LogP contribution in [0.2, 0.25) is 0 Å². The van der Waals surface area contributed by atoms with E-state index in [2.05, 4.69) is 20.4 Å². The summed E-state index contributed by atoms with van der Waals surface area (Å²) in [4.78, 5) is 31.6. The minimum absolute atomic E-state index is 0.0563. The Morgan fingerprint density at radius 3 is 3.00 bits per heavy atom. The van der Waals surface area contributed by atoms with E-state index in [0.29, 0.717) is 18.9 Å². The van der Waals surface area contributed by atoms with Crippen LogP contribution < -0.4 is 5.32 Å². The molecule has 8 nitrogen and oxygen atoms in total. The van der Waals surface area contributed by atoms with Crippen molar-refractivity contribution in [2.75, 3.05) is 26.7 Å². The molecule has 2 fully saturated rings. The zero-order chi connectivity index (χ0) is 15.5. The fourth-order valence-electron chi connectivity index (χ4n) is 3.20. The quantitative estimate of drug-likeness (QED) is 0.843. The number of likely N-dealkylation sites (tertiary alicyclic amines) is 2. The first-order chi connectivity index (χ1) is 10.7. The Kier molecular flexibility index (Phi) is 4.37. The highest BCUT2D eigenvalue weighted by molar-refractivity contribution is 5.89. The highest BCUT2D eigenvalue weighted by Crippen LogP contribution is 2.22. The highest BCUT2D eigenvalue weighted by Gasteiger charge is 2.31. The molecule has 1 atom stereocenters. The van der Waals surface area contributed by atoms with Gasteiger partial charge in [0.05, 0.1) is 6.54 Å². The van der Waals surface area contributed by atoms with E-state index in [9.17, 15) is 9.59 Å². The number of carbonyl (C=O) groups excluding carboxylic acids is 2. The molecule has 0 aliphatic carbocycles. The normalized spacial score (nSPS) is 23.0. The first kappa shape index (κ1) is 15.0. The lowest BCUT2D eigenvalue weighted by molar-refractivity contribution is -0.130. The summed E-state index contributed by atoms with van der Waals surface area (Å²) in [5.74, 6) is 0.411. The maximum absolute atomic E-state index is 11.9. The van der Waals surface area contributed by atoms with E-state index in [1.54, 1.807) is 0 Å². The van der Waals surface area contributed by atoms with Gasteiger partial charge in [0.1, 0.15) is 0 Å². The van der Waals surface area contributed by atoms with Crippen molar-refractivity contribution in [2.24, 2.45) is 0 Å². The number of rotatable bonds is 4. The van der Waals surface area contributed by atoms with Crippen molar-refractivity contribution < 1.29 is 14.1 Å². The Labute approximate surface area is 128 Å². The highest BCUT2D eigenvalue weighted by atomic mass is 16.5. The van der Waals surface area contributed by atoms with E-state index in [4.69, 9.17) is 4.52 Å².